The van der Waals surface area contributed by atoms with Crippen LogP contribution in [-0.4, -0.2) is 40.6 Å². The minimum absolute atomic E-state index is 0.220. The van der Waals surface area contributed by atoms with Crippen LogP contribution in [0.2, 0.25) is 0 Å². The maximum atomic E-state index is 12.3. The molecular formula is C14H24N4O2. The van der Waals surface area contributed by atoms with E-state index in [1.54, 1.807) is 34.0 Å². The molecule has 0 unspecified atom stereocenters. The standard InChI is InChI=1S/C14H24N4O2/c1-9(2)18-10(3)8-11(16-18)15-12(19)14(4,5)13(20)17(6)7/h8-9H,1-7H3,(H,15,16,19). The third-order valence-corrected chi connectivity index (χ3v) is 3.16. The first-order valence-corrected chi connectivity index (χ1v) is 6.66. The normalized spacial score (nSPS) is 11.6. The quantitative estimate of drug-likeness (QED) is 0.856. The Balaban J connectivity index is 2.91. The van der Waals surface area contributed by atoms with Crippen molar-refractivity contribution >= 4 is 17.6 Å². The number of carbonyl (C=O) groups is 2. The van der Waals surface area contributed by atoms with Gasteiger partial charge in [0.05, 0.1) is 0 Å². The van der Waals surface area contributed by atoms with Gasteiger partial charge in [0.2, 0.25) is 11.8 Å². The number of carbonyl (C=O) groups excluding carboxylic acids is 2. The lowest BCUT2D eigenvalue weighted by atomic mass is 9.90. The molecule has 0 aliphatic carbocycles. The summed E-state index contributed by atoms with van der Waals surface area (Å²) >= 11 is 0. The zero-order valence-electron chi connectivity index (χ0n) is 13.3. The van der Waals surface area contributed by atoms with Gasteiger partial charge < -0.3 is 10.2 Å². The van der Waals surface area contributed by atoms with Gasteiger partial charge in [0.25, 0.3) is 0 Å². The largest absolute Gasteiger partial charge is 0.348 e. The Hall–Kier alpha value is -1.85. The van der Waals surface area contributed by atoms with E-state index in [9.17, 15) is 9.59 Å². The van der Waals surface area contributed by atoms with Crippen LogP contribution in [0.5, 0.6) is 0 Å². The van der Waals surface area contributed by atoms with Crippen molar-refractivity contribution < 1.29 is 9.59 Å². The van der Waals surface area contributed by atoms with E-state index in [0.29, 0.717) is 5.82 Å². The summed E-state index contributed by atoms with van der Waals surface area (Å²) in [7, 11) is 3.27. The number of nitrogens with zero attached hydrogens (tertiary/aromatic N) is 3. The average molecular weight is 280 g/mol. The van der Waals surface area contributed by atoms with Gasteiger partial charge in [-0.3, -0.25) is 14.3 Å². The first-order valence-electron chi connectivity index (χ1n) is 6.66. The molecule has 0 spiro atoms. The molecule has 6 heteroatoms. The minimum Gasteiger partial charge on any atom is -0.348 e. The second kappa shape index (κ2) is 5.64. The molecule has 0 aromatic carbocycles. The molecule has 20 heavy (non-hydrogen) atoms. The van der Waals surface area contributed by atoms with Crippen LogP contribution in [0.15, 0.2) is 6.07 Å². The number of anilines is 1. The fourth-order valence-corrected chi connectivity index (χ4v) is 2.00. The molecule has 0 bridgehead atoms. The molecule has 1 aromatic rings. The van der Waals surface area contributed by atoms with E-state index >= 15 is 0 Å². The van der Waals surface area contributed by atoms with E-state index in [1.165, 1.54) is 4.90 Å². The van der Waals surface area contributed by atoms with Crippen LogP contribution in [0, 0.1) is 12.3 Å². The molecule has 0 atom stereocenters. The van der Waals surface area contributed by atoms with E-state index in [0.717, 1.165) is 5.69 Å². The molecular weight excluding hydrogens is 256 g/mol. The van der Waals surface area contributed by atoms with Gasteiger partial charge in [0, 0.05) is 31.9 Å². The van der Waals surface area contributed by atoms with Gasteiger partial charge in [0.15, 0.2) is 5.82 Å². The molecule has 1 heterocycles. The number of rotatable bonds is 4. The Morgan fingerprint density at radius 1 is 1.35 bits per heavy atom. The van der Waals surface area contributed by atoms with Crippen LogP contribution < -0.4 is 5.32 Å². The minimum atomic E-state index is -1.13. The third kappa shape index (κ3) is 3.18. The summed E-state index contributed by atoms with van der Waals surface area (Å²) in [5, 5.41) is 7.04. The van der Waals surface area contributed by atoms with Crippen molar-refractivity contribution in [2.75, 3.05) is 19.4 Å². The topological polar surface area (TPSA) is 67.2 Å². The molecule has 0 saturated heterocycles. The molecule has 0 saturated carbocycles. The summed E-state index contributed by atoms with van der Waals surface area (Å²) in [6.45, 7) is 9.18. The van der Waals surface area contributed by atoms with Crippen molar-refractivity contribution in [3.8, 4) is 0 Å². The van der Waals surface area contributed by atoms with Crippen molar-refractivity contribution in [3.63, 3.8) is 0 Å². The molecule has 0 aliphatic rings. The molecule has 1 N–H and O–H groups in total. The van der Waals surface area contributed by atoms with Crippen LogP contribution in [0.25, 0.3) is 0 Å². The van der Waals surface area contributed by atoms with E-state index < -0.39 is 5.41 Å². The van der Waals surface area contributed by atoms with E-state index in [-0.39, 0.29) is 17.9 Å². The summed E-state index contributed by atoms with van der Waals surface area (Å²) in [6, 6.07) is 2.02. The summed E-state index contributed by atoms with van der Waals surface area (Å²) in [6.07, 6.45) is 0. The second-order valence-corrected chi connectivity index (χ2v) is 5.99. The number of hydrogen-bond donors (Lipinski definition) is 1. The molecule has 0 fully saturated rings. The molecule has 0 aliphatic heterocycles. The Kier molecular flexibility index (Phi) is 4.57. The average Bonchev–Trinajstić information content (AvgIpc) is 2.68. The third-order valence-electron chi connectivity index (χ3n) is 3.16. The zero-order chi connectivity index (χ0) is 15.7. The van der Waals surface area contributed by atoms with Gasteiger partial charge in [-0.05, 0) is 34.6 Å². The van der Waals surface area contributed by atoms with E-state index in [2.05, 4.69) is 10.4 Å². The number of aromatic nitrogens is 2. The Labute approximate surface area is 120 Å². The number of hydrogen-bond acceptors (Lipinski definition) is 3. The fourth-order valence-electron chi connectivity index (χ4n) is 2.00. The highest BCUT2D eigenvalue weighted by Crippen LogP contribution is 2.21. The predicted octanol–water partition coefficient (Wildman–Crippen LogP) is 1.83. The van der Waals surface area contributed by atoms with E-state index in [4.69, 9.17) is 0 Å². The van der Waals surface area contributed by atoms with Gasteiger partial charge in [0.1, 0.15) is 5.41 Å². The van der Waals surface area contributed by atoms with Gasteiger partial charge in [-0.25, -0.2) is 0 Å². The summed E-state index contributed by atoms with van der Waals surface area (Å²) < 4.78 is 1.83. The monoisotopic (exact) mass is 280 g/mol. The SMILES string of the molecule is Cc1cc(NC(=O)C(C)(C)C(=O)N(C)C)nn1C(C)C. The maximum Gasteiger partial charge on any atom is 0.240 e. The van der Waals surface area contributed by atoms with Crippen LogP contribution in [0.4, 0.5) is 5.82 Å². The number of nitrogens with one attached hydrogen (secondary N) is 1. The van der Waals surface area contributed by atoms with Crippen LogP contribution >= 0.6 is 0 Å². The van der Waals surface area contributed by atoms with Crippen molar-refractivity contribution in [1.82, 2.24) is 14.7 Å². The van der Waals surface area contributed by atoms with Crippen LogP contribution in [0.3, 0.4) is 0 Å². The summed E-state index contributed by atoms with van der Waals surface area (Å²) in [4.78, 5) is 25.7. The lowest BCUT2D eigenvalue weighted by Crippen LogP contribution is -2.44. The van der Waals surface area contributed by atoms with Gasteiger partial charge >= 0.3 is 0 Å². The second-order valence-electron chi connectivity index (χ2n) is 5.99. The molecule has 112 valence electrons. The fraction of sp³-hybridized carbons (Fsp3) is 0.643. The van der Waals surface area contributed by atoms with Crippen molar-refractivity contribution in [1.29, 1.82) is 0 Å². The van der Waals surface area contributed by atoms with Gasteiger partial charge in [-0.1, -0.05) is 0 Å². The Morgan fingerprint density at radius 3 is 2.30 bits per heavy atom. The molecule has 2 amide bonds. The smallest absolute Gasteiger partial charge is 0.240 e. The highest BCUT2D eigenvalue weighted by molar-refractivity contribution is 6.09. The van der Waals surface area contributed by atoms with Crippen molar-refractivity contribution in [2.24, 2.45) is 5.41 Å². The molecule has 6 nitrogen and oxygen atoms in total. The molecule has 0 radical (unpaired) electrons. The highest BCUT2D eigenvalue weighted by Gasteiger charge is 2.37. The summed E-state index contributed by atoms with van der Waals surface area (Å²) in [5.41, 5.74) is -0.161. The number of aryl methyl sites for hydroxylation is 1. The van der Waals surface area contributed by atoms with Crippen molar-refractivity contribution in [3.05, 3.63) is 11.8 Å². The summed E-state index contributed by atoms with van der Waals surface area (Å²) in [5.74, 6) is -0.125. The molecule has 1 rings (SSSR count). The Morgan fingerprint density at radius 2 is 1.90 bits per heavy atom. The zero-order valence-corrected chi connectivity index (χ0v) is 13.3. The van der Waals surface area contributed by atoms with Crippen LogP contribution in [0.1, 0.15) is 39.4 Å². The number of amides is 2. The molecule has 1 aromatic heterocycles. The lowest BCUT2D eigenvalue weighted by molar-refractivity contribution is -0.144. The first-order chi connectivity index (χ1) is 9.07. The van der Waals surface area contributed by atoms with E-state index in [1.807, 2.05) is 25.5 Å². The highest BCUT2D eigenvalue weighted by atomic mass is 16.2. The van der Waals surface area contributed by atoms with Crippen molar-refractivity contribution in [2.45, 2.75) is 40.7 Å². The van der Waals surface area contributed by atoms with Gasteiger partial charge in [-0.15, -0.1) is 0 Å². The predicted molar refractivity (Wildman–Crippen MR) is 78.5 cm³/mol. The Bertz CT molecular complexity index is 515. The van der Waals surface area contributed by atoms with Crippen LogP contribution in [-0.2, 0) is 9.59 Å². The van der Waals surface area contributed by atoms with Gasteiger partial charge in [-0.2, -0.15) is 5.10 Å². The maximum absolute atomic E-state index is 12.3. The lowest BCUT2D eigenvalue weighted by Gasteiger charge is -2.25. The first kappa shape index (κ1) is 16.2.